The van der Waals surface area contributed by atoms with Crippen LogP contribution in [0.2, 0.25) is 0 Å². The Bertz CT molecular complexity index is 81.1. The van der Waals surface area contributed by atoms with E-state index in [1.165, 1.54) is 0 Å². The molecule has 0 saturated carbocycles. The predicted molar refractivity (Wildman–Crippen MR) is 38.6 cm³/mol. The summed E-state index contributed by atoms with van der Waals surface area (Å²) in [4.78, 5) is 0. The highest BCUT2D eigenvalue weighted by Crippen LogP contribution is 1.97. The molecule has 0 N–H and O–H groups in total. The second-order valence-electron chi connectivity index (χ2n) is 1.92. The SMILES string of the molecule is C#CCCCCCO[CH2]. The average Bonchev–Trinajstić information content (AvgIpc) is 1.89. The lowest BCUT2D eigenvalue weighted by molar-refractivity contribution is 0.234. The van der Waals surface area contributed by atoms with E-state index in [-0.39, 0.29) is 0 Å². The van der Waals surface area contributed by atoms with Crippen LogP contribution in [0.3, 0.4) is 0 Å². The van der Waals surface area contributed by atoms with Gasteiger partial charge in [-0.25, -0.2) is 0 Å². The fourth-order valence-electron chi connectivity index (χ4n) is 0.608. The topological polar surface area (TPSA) is 9.23 Å². The molecular formula is C8H13O. The molecule has 0 aliphatic heterocycles. The van der Waals surface area contributed by atoms with Gasteiger partial charge >= 0.3 is 0 Å². The minimum Gasteiger partial charge on any atom is -0.379 e. The fourth-order valence-corrected chi connectivity index (χ4v) is 0.608. The van der Waals surface area contributed by atoms with Crippen molar-refractivity contribution in [2.45, 2.75) is 25.7 Å². The fraction of sp³-hybridized carbons (Fsp3) is 0.625. The minimum absolute atomic E-state index is 0.755. The summed E-state index contributed by atoms with van der Waals surface area (Å²) in [7, 11) is 3.26. The number of hydrogen-bond donors (Lipinski definition) is 0. The van der Waals surface area contributed by atoms with E-state index < -0.39 is 0 Å². The van der Waals surface area contributed by atoms with Gasteiger partial charge in [-0.1, -0.05) is 6.42 Å². The molecule has 0 bridgehead atoms. The van der Waals surface area contributed by atoms with Crippen LogP contribution in [0.4, 0.5) is 0 Å². The summed E-state index contributed by atoms with van der Waals surface area (Å²) in [5.41, 5.74) is 0. The van der Waals surface area contributed by atoms with Crippen molar-refractivity contribution in [3.05, 3.63) is 7.11 Å². The van der Waals surface area contributed by atoms with E-state index in [9.17, 15) is 0 Å². The highest BCUT2D eigenvalue weighted by molar-refractivity contribution is 4.82. The standard InChI is InChI=1S/C8H13O/c1-3-4-5-6-7-8-9-2/h1H,2,4-8H2. The third-order valence-electron chi connectivity index (χ3n) is 1.11. The first-order valence-electron chi connectivity index (χ1n) is 3.22. The molecule has 1 radical (unpaired) electrons. The summed E-state index contributed by atoms with van der Waals surface area (Å²) >= 11 is 0. The quantitative estimate of drug-likeness (QED) is 0.403. The molecule has 0 spiro atoms. The molecule has 0 amide bonds. The zero-order valence-electron chi connectivity index (χ0n) is 5.73. The van der Waals surface area contributed by atoms with E-state index in [1.807, 2.05) is 0 Å². The predicted octanol–water partition coefficient (Wildman–Crippen LogP) is 1.99. The Morgan fingerprint density at radius 3 is 2.67 bits per heavy atom. The molecule has 0 aliphatic rings. The summed E-state index contributed by atoms with van der Waals surface area (Å²) in [5, 5.41) is 0. The van der Waals surface area contributed by atoms with Crippen LogP contribution >= 0.6 is 0 Å². The first kappa shape index (κ1) is 8.52. The van der Waals surface area contributed by atoms with Crippen molar-refractivity contribution in [1.29, 1.82) is 0 Å². The van der Waals surface area contributed by atoms with Gasteiger partial charge in [0.1, 0.15) is 0 Å². The van der Waals surface area contributed by atoms with E-state index in [0.717, 1.165) is 32.3 Å². The van der Waals surface area contributed by atoms with Gasteiger partial charge in [0.05, 0.1) is 7.11 Å². The van der Waals surface area contributed by atoms with Gasteiger partial charge < -0.3 is 4.74 Å². The van der Waals surface area contributed by atoms with Gasteiger partial charge in [-0.15, -0.1) is 12.3 Å². The number of ether oxygens (including phenoxy) is 1. The summed E-state index contributed by atoms with van der Waals surface area (Å²) in [6, 6.07) is 0. The first-order chi connectivity index (χ1) is 4.41. The lowest BCUT2D eigenvalue weighted by atomic mass is 10.2. The zero-order chi connectivity index (χ0) is 6.95. The van der Waals surface area contributed by atoms with E-state index in [2.05, 4.69) is 17.8 Å². The van der Waals surface area contributed by atoms with E-state index in [1.54, 1.807) is 0 Å². The Morgan fingerprint density at radius 1 is 1.33 bits per heavy atom. The molecule has 1 heteroatoms. The largest absolute Gasteiger partial charge is 0.379 e. The van der Waals surface area contributed by atoms with Gasteiger partial charge in [0.15, 0.2) is 0 Å². The van der Waals surface area contributed by atoms with Crippen molar-refractivity contribution in [3.63, 3.8) is 0 Å². The van der Waals surface area contributed by atoms with Crippen molar-refractivity contribution in [1.82, 2.24) is 0 Å². The van der Waals surface area contributed by atoms with E-state index in [4.69, 9.17) is 6.42 Å². The van der Waals surface area contributed by atoms with Crippen molar-refractivity contribution in [2.24, 2.45) is 0 Å². The molecule has 0 aromatic rings. The van der Waals surface area contributed by atoms with Crippen LogP contribution in [-0.4, -0.2) is 6.61 Å². The summed E-state index contributed by atoms with van der Waals surface area (Å²) in [5.74, 6) is 2.59. The maximum Gasteiger partial charge on any atom is 0.0700 e. The van der Waals surface area contributed by atoms with Gasteiger partial charge in [0.25, 0.3) is 0 Å². The molecule has 0 unspecified atom stereocenters. The third-order valence-corrected chi connectivity index (χ3v) is 1.11. The average molecular weight is 125 g/mol. The van der Waals surface area contributed by atoms with Crippen molar-refractivity contribution < 1.29 is 4.74 Å². The molecule has 0 atom stereocenters. The Morgan fingerprint density at radius 2 is 2.11 bits per heavy atom. The summed E-state index contributed by atoms with van der Waals surface area (Å²) in [6.07, 6.45) is 9.27. The lowest BCUT2D eigenvalue weighted by Gasteiger charge is -1.94. The van der Waals surface area contributed by atoms with Gasteiger partial charge in [-0.3, -0.25) is 0 Å². The Labute approximate surface area is 57.4 Å². The monoisotopic (exact) mass is 125 g/mol. The molecule has 0 rings (SSSR count). The molecule has 0 aromatic carbocycles. The molecule has 0 heterocycles. The normalized spacial score (nSPS) is 8.89. The highest BCUT2D eigenvalue weighted by atomic mass is 16.5. The second kappa shape index (κ2) is 7.52. The smallest absolute Gasteiger partial charge is 0.0700 e. The van der Waals surface area contributed by atoms with Crippen LogP contribution in [0, 0.1) is 19.5 Å². The molecule has 9 heavy (non-hydrogen) atoms. The van der Waals surface area contributed by atoms with Crippen LogP contribution in [0.1, 0.15) is 25.7 Å². The Hall–Kier alpha value is -0.480. The number of unbranched alkanes of at least 4 members (excludes halogenated alkanes) is 3. The number of terminal acetylenes is 1. The number of rotatable bonds is 5. The molecular weight excluding hydrogens is 112 g/mol. The second-order valence-corrected chi connectivity index (χ2v) is 1.92. The van der Waals surface area contributed by atoms with E-state index >= 15 is 0 Å². The van der Waals surface area contributed by atoms with Crippen LogP contribution in [0.15, 0.2) is 0 Å². The summed E-state index contributed by atoms with van der Waals surface area (Å²) in [6.45, 7) is 0.755. The molecule has 51 valence electrons. The highest BCUT2D eigenvalue weighted by Gasteiger charge is 1.84. The van der Waals surface area contributed by atoms with Crippen molar-refractivity contribution >= 4 is 0 Å². The molecule has 0 aromatic heterocycles. The van der Waals surface area contributed by atoms with Crippen LogP contribution < -0.4 is 0 Å². The van der Waals surface area contributed by atoms with Crippen LogP contribution in [0.25, 0.3) is 0 Å². The van der Waals surface area contributed by atoms with Gasteiger partial charge in [-0.05, 0) is 12.8 Å². The van der Waals surface area contributed by atoms with Crippen LogP contribution in [-0.2, 0) is 4.74 Å². The summed E-state index contributed by atoms with van der Waals surface area (Å²) < 4.78 is 4.62. The molecule has 0 fully saturated rings. The Balaban J connectivity index is 2.69. The maximum absolute atomic E-state index is 5.05. The van der Waals surface area contributed by atoms with Crippen molar-refractivity contribution in [3.8, 4) is 12.3 Å². The van der Waals surface area contributed by atoms with Crippen molar-refractivity contribution in [2.75, 3.05) is 6.61 Å². The number of hydrogen-bond acceptors (Lipinski definition) is 1. The zero-order valence-corrected chi connectivity index (χ0v) is 5.73. The maximum atomic E-state index is 5.05. The first-order valence-corrected chi connectivity index (χ1v) is 3.22. The molecule has 0 aliphatic carbocycles. The van der Waals surface area contributed by atoms with Gasteiger partial charge in [0, 0.05) is 13.0 Å². The third kappa shape index (κ3) is 7.52. The minimum atomic E-state index is 0.755. The Kier molecular flexibility index (Phi) is 7.12. The van der Waals surface area contributed by atoms with Gasteiger partial charge in [-0.2, -0.15) is 0 Å². The van der Waals surface area contributed by atoms with Crippen LogP contribution in [0.5, 0.6) is 0 Å². The van der Waals surface area contributed by atoms with Gasteiger partial charge in [0.2, 0.25) is 0 Å². The molecule has 0 saturated heterocycles. The molecule has 1 nitrogen and oxygen atoms in total. The van der Waals surface area contributed by atoms with E-state index in [0.29, 0.717) is 0 Å². The lowest BCUT2D eigenvalue weighted by Crippen LogP contribution is -1.85.